The van der Waals surface area contributed by atoms with Gasteiger partial charge in [-0.3, -0.25) is 14.4 Å². The fourth-order valence-corrected chi connectivity index (χ4v) is 7.65. The van der Waals surface area contributed by atoms with Crippen LogP contribution in [0.2, 0.25) is 0 Å². The lowest BCUT2D eigenvalue weighted by Crippen LogP contribution is -2.36. The number of amides is 5. The number of rotatable bonds is 45. The van der Waals surface area contributed by atoms with Gasteiger partial charge in [0.1, 0.15) is 0 Å². The van der Waals surface area contributed by atoms with Crippen molar-refractivity contribution in [2.45, 2.75) is 62.3 Å². The maximum atomic E-state index is 12.1. The summed E-state index contributed by atoms with van der Waals surface area (Å²) in [5.74, 6) is -0.746. The van der Waals surface area contributed by atoms with Crippen molar-refractivity contribution in [1.82, 2.24) is 21.0 Å². The molecule has 0 saturated carbocycles. The highest BCUT2D eigenvalue weighted by Gasteiger charge is 2.42. The van der Waals surface area contributed by atoms with Gasteiger partial charge in [-0.05, 0) is 12.8 Å². The maximum absolute atomic E-state index is 12.1. The summed E-state index contributed by atoms with van der Waals surface area (Å²) in [4.78, 5) is 62.8. The summed E-state index contributed by atoms with van der Waals surface area (Å²) in [6.45, 7) is 10.7. The molecule has 0 spiro atoms. The molecule has 0 aliphatic carbocycles. The molecule has 2 unspecified atom stereocenters. The molecule has 3 rings (SSSR count). The molecule has 64 heavy (non-hydrogen) atoms. The highest BCUT2D eigenvalue weighted by atomic mass is 32.2. The Morgan fingerprint density at radius 1 is 0.516 bits per heavy atom. The van der Waals surface area contributed by atoms with Gasteiger partial charge in [0.2, 0.25) is 5.91 Å². The highest BCUT2D eigenvalue weighted by Crippen LogP contribution is 2.33. The highest BCUT2D eigenvalue weighted by molar-refractivity contribution is 8.00. The van der Waals surface area contributed by atoms with Crippen LogP contribution in [0.4, 0.5) is 4.79 Å². The van der Waals surface area contributed by atoms with Crippen molar-refractivity contribution in [2.24, 2.45) is 0 Å². The van der Waals surface area contributed by atoms with Gasteiger partial charge >= 0.3 is 12.0 Å². The van der Waals surface area contributed by atoms with Crippen molar-refractivity contribution >= 4 is 41.5 Å². The summed E-state index contributed by atoms with van der Waals surface area (Å²) >= 11 is 1.90. The van der Waals surface area contributed by atoms with Crippen molar-refractivity contribution < 1.29 is 85.7 Å². The number of hydrogen-bond donors (Lipinski definition) is 3. The molecule has 23 heteroatoms. The number of nitrogens with one attached hydrogen (secondary N) is 3. The number of nitrogens with zero attached hydrogens (tertiary/aromatic N) is 1. The Hall–Kier alpha value is -2.78. The van der Waals surface area contributed by atoms with Gasteiger partial charge in [-0.2, -0.15) is 11.8 Å². The fraction of sp³-hybridized carbons (Fsp3) is 0.878. The van der Waals surface area contributed by atoms with Crippen LogP contribution in [-0.4, -0.2) is 223 Å². The predicted molar refractivity (Wildman–Crippen MR) is 229 cm³/mol. The topological polar surface area (TPSA) is 245 Å². The zero-order chi connectivity index (χ0) is 45.6. The Labute approximate surface area is 380 Å². The molecule has 3 saturated heterocycles. The van der Waals surface area contributed by atoms with E-state index >= 15 is 0 Å². The molecule has 0 aromatic heterocycles. The van der Waals surface area contributed by atoms with E-state index in [4.69, 9.17) is 61.7 Å². The Kier molecular flexibility index (Phi) is 33.3. The van der Waals surface area contributed by atoms with Gasteiger partial charge in [-0.25, -0.2) is 9.59 Å². The first-order chi connectivity index (χ1) is 31.4. The summed E-state index contributed by atoms with van der Waals surface area (Å²) in [6.07, 6.45) is 3.33. The summed E-state index contributed by atoms with van der Waals surface area (Å²) < 4.78 is 65.5. The molecule has 370 valence electrons. The number of unbranched alkanes of at least 4 members (excludes halogenated alkanes) is 1. The normalized spacial score (nSPS) is 18.2. The molecule has 3 fully saturated rings. The van der Waals surface area contributed by atoms with Gasteiger partial charge in [0.15, 0.2) is 0 Å². The molecule has 0 bridgehead atoms. The average molecular weight is 941 g/mol. The van der Waals surface area contributed by atoms with Crippen LogP contribution in [0.3, 0.4) is 0 Å². The third kappa shape index (κ3) is 28.3. The standard InChI is InChI=1S/C41H72N4O18S/c46-36(4-2-1-3-35-40-34(33-64-35)43-41(50)44-40)42-8-10-52-12-14-54-16-18-56-20-22-58-24-26-60-28-30-62-32-31-61-29-27-59-25-23-57-21-19-55-17-15-53-13-11-51-9-7-39(49)63-45-37(47)5-6-38(45)48/h34-35,40H,1-33H2,(H,42,46)(H2,43,44,50)/t34?,35-,40?/m0/s1. The third-order valence-corrected chi connectivity index (χ3v) is 10.9. The number of carbonyl (C=O) groups excluding carboxylic acids is 5. The predicted octanol–water partition coefficient (Wildman–Crippen LogP) is 0.0249. The van der Waals surface area contributed by atoms with Gasteiger partial charge in [-0.15, -0.1) is 5.06 Å². The SMILES string of the molecule is O=C(CCCC[C@@H]1SCC2NC(=O)NC21)NCCOCCOCCOCCOCCOCCOCCOCCOCCOCCOCCOCCOCCC(=O)ON1C(=O)CCC1=O. The third-order valence-electron chi connectivity index (χ3n) is 9.39. The van der Waals surface area contributed by atoms with E-state index in [2.05, 4.69) is 16.0 Å². The van der Waals surface area contributed by atoms with Crippen LogP contribution in [0.5, 0.6) is 0 Å². The molecule has 3 atom stereocenters. The lowest BCUT2D eigenvalue weighted by atomic mass is 10.0. The largest absolute Gasteiger partial charge is 0.378 e. The van der Waals surface area contributed by atoms with E-state index in [0.29, 0.717) is 169 Å². The molecule has 0 aromatic rings. The van der Waals surface area contributed by atoms with Gasteiger partial charge in [-0.1, -0.05) is 6.42 Å². The molecular weight excluding hydrogens is 869 g/mol. The van der Waals surface area contributed by atoms with Crippen LogP contribution in [0, 0.1) is 0 Å². The number of urea groups is 1. The molecule has 3 aliphatic rings. The number of fused-ring (bicyclic) bond motifs is 1. The fourth-order valence-electron chi connectivity index (χ4n) is 6.11. The van der Waals surface area contributed by atoms with Crippen LogP contribution in [-0.2, 0) is 80.9 Å². The lowest BCUT2D eigenvalue weighted by molar-refractivity contribution is -0.198. The van der Waals surface area contributed by atoms with Crippen LogP contribution in [0.1, 0.15) is 44.9 Å². The molecule has 22 nitrogen and oxygen atoms in total. The maximum Gasteiger partial charge on any atom is 0.335 e. The molecule has 3 N–H and O–H groups in total. The molecular formula is C41H72N4O18S. The summed E-state index contributed by atoms with van der Waals surface area (Å²) in [5.41, 5.74) is 0. The first kappa shape index (κ1) is 55.5. The zero-order valence-electron chi connectivity index (χ0n) is 37.3. The Morgan fingerprint density at radius 3 is 1.33 bits per heavy atom. The minimum atomic E-state index is -0.704. The Bertz CT molecular complexity index is 1250. The van der Waals surface area contributed by atoms with E-state index in [1.807, 2.05) is 11.8 Å². The molecule has 0 radical (unpaired) electrons. The van der Waals surface area contributed by atoms with Gasteiger partial charge in [0.25, 0.3) is 11.8 Å². The minimum Gasteiger partial charge on any atom is -0.378 e. The van der Waals surface area contributed by atoms with E-state index in [1.165, 1.54) is 0 Å². The van der Waals surface area contributed by atoms with Crippen molar-refractivity contribution in [3.8, 4) is 0 Å². The first-order valence-electron chi connectivity index (χ1n) is 22.4. The number of imide groups is 1. The molecule has 3 aliphatic heterocycles. The second-order valence-electron chi connectivity index (χ2n) is 14.4. The smallest absolute Gasteiger partial charge is 0.335 e. The Morgan fingerprint density at radius 2 is 0.906 bits per heavy atom. The number of hydrogen-bond acceptors (Lipinski definition) is 19. The minimum absolute atomic E-state index is 0.0345. The second kappa shape index (κ2) is 38.3. The Balaban J connectivity index is 0.881. The summed E-state index contributed by atoms with van der Waals surface area (Å²) in [5, 5.41) is 9.78. The number of hydroxylamine groups is 2. The second-order valence-corrected chi connectivity index (χ2v) is 15.6. The average Bonchev–Trinajstić information content (AvgIpc) is 3.95. The monoisotopic (exact) mass is 940 g/mol. The quantitative estimate of drug-likeness (QED) is 0.0414. The molecule has 3 heterocycles. The van der Waals surface area contributed by atoms with E-state index < -0.39 is 17.8 Å². The lowest BCUT2D eigenvalue weighted by Gasteiger charge is -2.16. The summed E-state index contributed by atoms with van der Waals surface area (Å²) in [6, 6.07) is 0.384. The molecule has 5 amide bonds. The van der Waals surface area contributed by atoms with Gasteiger partial charge in [0, 0.05) is 36.8 Å². The number of carbonyl (C=O) groups is 5. The first-order valence-corrected chi connectivity index (χ1v) is 23.4. The number of ether oxygens (including phenoxy) is 12. The van der Waals surface area contributed by atoms with E-state index in [-0.39, 0.29) is 56.5 Å². The van der Waals surface area contributed by atoms with Crippen molar-refractivity contribution in [3.63, 3.8) is 0 Å². The number of thioether (sulfide) groups is 1. The van der Waals surface area contributed by atoms with Crippen LogP contribution in [0.15, 0.2) is 0 Å². The van der Waals surface area contributed by atoms with E-state index in [9.17, 15) is 24.0 Å². The zero-order valence-corrected chi connectivity index (χ0v) is 38.1. The van der Waals surface area contributed by atoms with E-state index in [1.54, 1.807) is 0 Å². The van der Waals surface area contributed by atoms with Gasteiger partial charge in [0.05, 0.1) is 177 Å². The van der Waals surface area contributed by atoms with Crippen LogP contribution in [0.25, 0.3) is 0 Å². The van der Waals surface area contributed by atoms with Crippen molar-refractivity contribution in [2.75, 3.05) is 171 Å². The van der Waals surface area contributed by atoms with Crippen molar-refractivity contribution in [3.05, 3.63) is 0 Å². The van der Waals surface area contributed by atoms with E-state index in [0.717, 1.165) is 25.0 Å². The molecule has 0 aromatic carbocycles. The van der Waals surface area contributed by atoms with Crippen molar-refractivity contribution in [1.29, 1.82) is 0 Å². The van der Waals surface area contributed by atoms with Crippen LogP contribution < -0.4 is 16.0 Å². The summed E-state index contributed by atoms with van der Waals surface area (Å²) in [7, 11) is 0. The van der Waals surface area contributed by atoms with Crippen LogP contribution >= 0.6 is 11.8 Å². The van der Waals surface area contributed by atoms with Gasteiger partial charge < -0.3 is 77.6 Å².